The fourth-order valence-electron chi connectivity index (χ4n) is 2.36. The van der Waals surface area contributed by atoms with Crippen LogP contribution in [0.2, 0.25) is 0 Å². The molecule has 0 spiro atoms. The molecule has 5 nitrogen and oxygen atoms in total. The number of primary amides is 1. The Labute approximate surface area is 144 Å². The van der Waals surface area contributed by atoms with E-state index in [-0.39, 0.29) is 17.5 Å². The van der Waals surface area contributed by atoms with E-state index in [9.17, 15) is 18.0 Å². The first-order valence-corrected chi connectivity index (χ1v) is 7.97. The third kappa shape index (κ3) is 4.00. The fourth-order valence-corrected chi connectivity index (χ4v) is 3.05. The van der Waals surface area contributed by atoms with E-state index >= 15 is 0 Å². The number of alkyl halides is 3. The molecule has 0 atom stereocenters. The van der Waals surface area contributed by atoms with Crippen LogP contribution in [-0.4, -0.2) is 22.5 Å². The first-order valence-electron chi connectivity index (χ1n) is 7.09. The van der Waals surface area contributed by atoms with Gasteiger partial charge in [-0.3, -0.25) is 9.89 Å². The van der Waals surface area contributed by atoms with Crippen LogP contribution >= 0.6 is 11.3 Å². The van der Waals surface area contributed by atoms with Crippen molar-refractivity contribution in [2.75, 3.05) is 0 Å². The summed E-state index contributed by atoms with van der Waals surface area (Å²) in [4.78, 5) is 12.4. The quantitative estimate of drug-likeness (QED) is 0.721. The standard InChI is InChI=1S/C16H12F3N3O2S/c17-16(18,19)24-14-9(3-1-4-11(14)15(20)23)7-10-8-12(22-21-10)13-5-2-6-25-13/h1-6,8H,7H2,(H2,20,23)(H,21,22). The molecule has 3 aromatic rings. The third-order valence-electron chi connectivity index (χ3n) is 3.37. The van der Waals surface area contributed by atoms with Crippen molar-refractivity contribution in [1.29, 1.82) is 0 Å². The number of halogens is 3. The molecule has 0 aliphatic heterocycles. The van der Waals surface area contributed by atoms with Gasteiger partial charge in [-0.2, -0.15) is 5.10 Å². The van der Waals surface area contributed by atoms with Gasteiger partial charge in [-0.15, -0.1) is 24.5 Å². The Morgan fingerprint density at radius 2 is 2.08 bits per heavy atom. The van der Waals surface area contributed by atoms with Gasteiger partial charge < -0.3 is 10.5 Å². The molecule has 0 saturated carbocycles. The van der Waals surface area contributed by atoms with Crippen molar-refractivity contribution in [2.45, 2.75) is 12.8 Å². The van der Waals surface area contributed by atoms with Crippen LogP contribution in [0, 0.1) is 0 Å². The van der Waals surface area contributed by atoms with E-state index in [1.165, 1.54) is 29.5 Å². The maximum Gasteiger partial charge on any atom is 0.573 e. The van der Waals surface area contributed by atoms with Crippen LogP contribution in [0.3, 0.4) is 0 Å². The normalized spacial score (nSPS) is 11.5. The molecule has 0 aliphatic carbocycles. The number of para-hydroxylation sites is 1. The molecule has 0 radical (unpaired) electrons. The minimum atomic E-state index is -4.93. The Balaban J connectivity index is 1.94. The average Bonchev–Trinajstić information content (AvgIpc) is 3.18. The van der Waals surface area contributed by atoms with E-state index in [0.29, 0.717) is 11.4 Å². The molecule has 2 aromatic heterocycles. The van der Waals surface area contributed by atoms with Gasteiger partial charge in [-0.1, -0.05) is 18.2 Å². The minimum absolute atomic E-state index is 0.0743. The number of amides is 1. The van der Waals surface area contributed by atoms with Crippen LogP contribution in [0.15, 0.2) is 41.8 Å². The van der Waals surface area contributed by atoms with Crippen molar-refractivity contribution < 1.29 is 22.7 Å². The Kier molecular flexibility index (Phi) is 4.49. The largest absolute Gasteiger partial charge is 0.573 e. The lowest BCUT2D eigenvalue weighted by atomic mass is 10.0. The van der Waals surface area contributed by atoms with E-state index < -0.39 is 18.0 Å². The maximum atomic E-state index is 12.7. The monoisotopic (exact) mass is 367 g/mol. The second-order valence-electron chi connectivity index (χ2n) is 5.14. The lowest BCUT2D eigenvalue weighted by Gasteiger charge is -2.15. The number of carbonyl (C=O) groups excluding carboxylic acids is 1. The zero-order chi connectivity index (χ0) is 18.0. The number of aromatic nitrogens is 2. The number of benzene rings is 1. The smallest absolute Gasteiger partial charge is 0.405 e. The zero-order valence-corrected chi connectivity index (χ0v) is 13.4. The van der Waals surface area contributed by atoms with Gasteiger partial charge in [0, 0.05) is 17.7 Å². The highest BCUT2D eigenvalue weighted by molar-refractivity contribution is 7.13. The van der Waals surface area contributed by atoms with Crippen LogP contribution in [-0.2, 0) is 6.42 Å². The van der Waals surface area contributed by atoms with Crippen molar-refractivity contribution in [2.24, 2.45) is 5.73 Å². The highest BCUT2D eigenvalue weighted by Gasteiger charge is 2.34. The molecule has 1 amide bonds. The first kappa shape index (κ1) is 17.0. The van der Waals surface area contributed by atoms with Gasteiger partial charge in [0.05, 0.1) is 10.4 Å². The third-order valence-corrected chi connectivity index (χ3v) is 4.26. The number of hydrogen-bond donors (Lipinski definition) is 2. The number of ether oxygens (including phenoxy) is 1. The van der Waals surface area contributed by atoms with Crippen molar-refractivity contribution in [1.82, 2.24) is 10.2 Å². The van der Waals surface area contributed by atoms with Crippen LogP contribution in [0.25, 0.3) is 10.6 Å². The number of rotatable bonds is 5. The molecule has 130 valence electrons. The molecule has 2 heterocycles. The van der Waals surface area contributed by atoms with E-state index in [4.69, 9.17) is 5.73 Å². The predicted molar refractivity (Wildman–Crippen MR) is 86.3 cm³/mol. The first-order chi connectivity index (χ1) is 11.8. The lowest BCUT2D eigenvalue weighted by Crippen LogP contribution is -2.22. The van der Waals surface area contributed by atoms with Crippen LogP contribution in [0.5, 0.6) is 5.75 Å². The number of H-pyrrole nitrogens is 1. The summed E-state index contributed by atoms with van der Waals surface area (Å²) in [6, 6.07) is 9.59. The van der Waals surface area contributed by atoms with E-state index in [2.05, 4.69) is 14.9 Å². The number of aromatic amines is 1. The summed E-state index contributed by atoms with van der Waals surface area (Å²) in [5.41, 5.74) is 6.28. The number of nitrogens with zero attached hydrogens (tertiary/aromatic N) is 1. The molecule has 0 unspecified atom stereocenters. The second kappa shape index (κ2) is 6.60. The summed E-state index contributed by atoms with van der Waals surface area (Å²) in [7, 11) is 0. The number of carbonyl (C=O) groups is 1. The van der Waals surface area contributed by atoms with Gasteiger partial charge in [-0.25, -0.2) is 0 Å². The molecule has 3 N–H and O–H groups in total. The van der Waals surface area contributed by atoms with Gasteiger partial charge in [-0.05, 0) is 23.6 Å². The van der Waals surface area contributed by atoms with Gasteiger partial charge >= 0.3 is 6.36 Å². The Bertz CT molecular complexity index is 888. The summed E-state index contributed by atoms with van der Waals surface area (Å²) >= 11 is 1.50. The highest BCUT2D eigenvalue weighted by atomic mass is 32.1. The van der Waals surface area contributed by atoms with Gasteiger partial charge in [0.2, 0.25) is 0 Å². The van der Waals surface area contributed by atoms with Gasteiger partial charge in [0.1, 0.15) is 11.4 Å². The van der Waals surface area contributed by atoms with Crippen molar-refractivity contribution >= 4 is 17.2 Å². The fraction of sp³-hybridized carbons (Fsp3) is 0.125. The van der Waals surface area contributed by atoms with E-state index in [0.717, 1.165) is 4.88 Å². The van der Waals surface area contributed by atoms with Crippen molar-refractivity contribution in [3.05, 3.63) is 58.6 Å². The molecule has 25 heavy (non-hydrogen) atoms. The number of nitrogens with one attached hydrogen (secondary N) is 1. The Morgan fingerprint density at radius 3 is 2.72 bits per heavy atom. The Morgan fingerprint density at radius 1 is 1.28 bits per heavy atom. The molecule has 9 heteroatoms. The van der Waals surface area contributed by atoms with Crippen LogP contribution < -0.4 is 10.5 Å². The summed E-state index contributed by atoms with van der Waals surface area (Å²) in [6.45, 7) is 0. The second-order valence-corrected chi connectivity index (χ2v) is 6.09. The Hall–Kier alpha value is -2.81. The average molecular weight is 367 g/mol. The maximum absolute atomic E-state index is 12.7. The van der Waals surface area contributed by atoms with Crippen molar-refractivity contribution in [3.63, 3.8) is 0 Å². The van der Waals surface area contributed by atoms with Gasteiger partial charge in [0.15, 0.2) is 0 Å². The summed E-state index contributed by atoms with van der Waals surface area (Å²) in [5, 5.41) is 8.83. The number of hydrogen-bond acceptors (Lipinski definition) is 4. The van der Waals surface area contributed by atoms with Crippen LogP contribution in [0.1, 0.15) is 21.6 Å². The molecule has 3 rings (SSSR count). The summed E-state index contributed by atoms with van der Waals surface area (Å²) in [5.74, 6) is -1.58. The SMILES string of the molecule is NC(=O)c1cccc(Cc2cc(-c3cccs3)n[nH]2)c1OC(F)(F)F. The molecule has 0 fully saturated rings. The molecule has 0 saturated heterocycles. The minimum Gasteiger partial charge on any atom is -0.405 e. The van der Waals surface area contributed by atoms with Crippen LogP contribution in [0.4, 0.5) is 13.2 Å². The molecular weight excluding hydrogens is 355 g/mol. The lowest BCUT2D eigenvalue weighted by molar-refractivity contribution is -0.275. The van der Waals surface area contributed by atoms with Gasteiger partial charge in [0.25, 0.3) is 5.91 Å². The molecule has 1 aromatic carbocycles. The number of nitrogens with two attached hydrogens (primary N) is 1. The van der Waals surface area contributed by atoms with Crippen molar-refractivity contribution in [3.8, 4) is 16.3 Å². The van der Waals surface area contributed by atoms with E-state index in [1.54, 1.807) is 6.07 Å². The predicted octanol–water partition coefficient (Wildman–Crippen LogP) is 3.73. The topological polar surface area (TPSA) is 81.0 Å². The summed E-state index contributed by atoms with van der Waals surface area (Å²) in [6.07, 6.45) is -4.86. The molecule has 0 bridgehead atoms. The molecule has 0 aliphatic rings. The number of thiophene rings is 1. The summed E-state index contributed by atoms with van der Waals surface area (Å²) < 4.78 is 42.1. The van der Waals surface area contributed by atoms with E-state index in [1.807, 2.05) is 17.5 Å². The molecular formula is C16H12F3N3O2S. The zero-order valence-electron chi connectivity index (χ0n) is 12.6. The highest BCUT2D eigenvalue weighted by Crippen LogP contribution is 2.32.